The highest BCUT2D eigenvalue weighted by Crippen LogP contribution is 2.30. The predicted molar refractivity (Wildman–Crippen MR) is 128 cm³/mol. The second-order valence-electron chi connectivity index (χ2n) is 10.4. The van der Waals surface area contributed by atoms with Gasteiger partial charge in [-0.3, -0.25) is 4.79 Å². The molecular weight excluding hydrogens is 420 g/mol. The predicted octanol–water partition coefficient (Wildman–Crippen LogP) is 2.19. The average Bonchev–Trinajstić information content (AvgIpc) is 3.15. The molecule has 10 nitrogen and oxygen atoms in total. The van der Waals surface area contributed by atoms with Crippen molar-refractivity contribution in [1.29, 1.82) is 0 Å². The lowest BCUT2D eigenvalue weighted by molar-refractivity contribution is -0.132. The molecule has 10 heteroatoms. The molecule has 1 amide bonds. The van der Waals surface area contributed by atoms with E-state index in [0.29, 0.717) is 37.9 Å². The molecule has 0 aromatic carbocycles. The van der Waals surface area contributed by atoms with Crippen LogP contribution in [0.4, 0.5) is 17.7 Å². The fourth-order valence-corrected chi connectivity index (χ4v) is 4.17. The second kappa shape index (κ2) is 9.09. The number of likely N-dealkylation sites (tertiary alicyclic amines) is 1. The minimum atomic E-state index is -0.279. The lowest BCUT2D eigenvalue weighted by Gasteiger charge is -2.30. The first-order chi connectivity index (χ1) is 15.6. The first kappa shape index (κ1) is 23.2. The number of ether oxygens (including phenoxy) is 1. The van der Waals surface area contributed by atoms with Crippen LogP contribution in [0, 0.1) is 5.41 Å². The van der Waals surface area contributed by atoms with Crippen LogP contribution in [0.25, 0.3) is 11.3 Å². The zero-order chi connectivity index (χ0) is 23.6. The van der Waals surface area contributed by atoms with Crippen molar-refractivity contribution >= 4 is 23.6 Å². The molecule has 2 aromatic heterocycles. The number of amides is 1. The van der Waals surface area contributed by atoms with E-state index in [1.807, 2.05) is 11.0 Å². The first-order valence-corrected chi connectivity index (χ1v) is 11.5. The van der Waals surface area contributed by atoms with Crippen LogP contribution in [-0.4, -0.2) is 75.7 Å². The van der Waals surface area contributed by atoms with Crippen molar-refractivity contribution in [1.82, 2.24) is 24.8 Å². The molecule has 33 heavy (non-hydrogen) atoms. The first-order valence-electron chi connectivity index (χ1n) is 11.5. The number of rotatable bonds is 5. The van der Waals surface area contributed by atoms with E-state index in [1.165, 1.54) is 0 Å². The van der Waals surface area contributed by atoms with Gasteiger partial charge in [0, 0.05) is 56.6 Å². The van der Waals surface area contributed by atoms with Gasteiger partial charge in [0.25, 0.3) is 0 Å². The van der Waals surface area contributed by atoms with Crippen LogP contribution < -0.4 is 16.0 Å². The summed E-state index contributed by atoms with van der Waals surface area (Å²) < 4.78 is 5.49. The number of hydrogen-bond acceptors (Lipinski definition) is 9. The maximum Gasteiger partial charge on any atom is 0.228 e. The average molecular weight is 455 g/mol. The Morgan fingerprint density at radius 3 is 2.55 bits per heavy atom. The van der Waals surface area contributed by atoms with Crippen molar-refractivity contribution in [3.63, 3.8) is 0 Å². The molecule has 0 unspecified atom stereocenters. The summed E-state index contributed by atoms with van der Waals surface area (Å²) >= 11 is 0. The minimum Gasteiger partial charge on any atom is -0.378 e. The van der Waals surface area contributed by atoms with Gasteiger partial charge >= 0.3 is 0 Å². The van der Waals surface area contributed by atoms with Crippen LogP contribution >= 0.6 is 0 Å². The topological polar surface area (TPSA) is 122 Å². The van der Waals surface area contributed by atoms with E-state index in [1.54, 1.807) is 12.4 Å². The highest BCUT2D eigenvalue weighted by atomic mass is 16.5. The van der Waals surface area contributed by atoms with E-state index in [-0.39, 0.29) is 22.8 Å². The number of nitrogens with one attached hydrogen (secondary N) is 1. The number of hydrogen-bond donors (Lipinski definition) is 2. The lowest BCUT2D eigenvalue weighted by Crippen LogP contribution is -2.41. The Hall–Kier alpha value is -3.01. The van der Waals surface area contributed by atoms with E-state index >= 15 is 0 Å². The van der Waals surface area contributed by atoms with E-state index in [9.17, 15) is 4.79 Å². The molecule has 0 aliphatic carbocycles. The maximum atomic E-state index is 12.8. The van der Waals surface area contributed by atoms with Crippen LogP contribution in [0.1, 0.15) is 40.5 Å². The molecule has 4 heterocycles. The number of carbonyl (C=O) groups excluding carboxylic acids is 1. The summed E-state index contributed by atoms with van der Waals surface area (Å²) in [5, 5.41) is 3.60. The summed E-state index contributed by atoms with van der Waals surface area (Å²) in [6.45, 7) is 12.5. The van der Waals surface area contributed by atoms with E-state index < -0.39 is 0 Å². The molecule has 2 saturated heterocycles. The third kappa shape index (κ3) is 5.87. The van der Waals surface area contributed by atoms with Gasteiger partial charge in [-0.1, -0.05) is 20.8 Å². The zero-order valence-electron chi connectivity index (χ0n) is 20.0. The molecule has 178 valence electrons. The van der Waals surface area contributed by atoms with Gasteiger partial charge in [-0.2, -0.15) is 4.98 Å². The fraction of sp³-hybridized carbons (Fsp3) is 0.609. The summed E-state index contributed by atoms with van der Waals surface area (Å²) in [5.41, 5.74) is 6.84. The molecule has 4 rings (SSSR count). The van der Waals surface area contributed by atoms with Crippen molar-refractivity contribution in [2.75, 3.05) is 55.3 Å². The van der Waals surface area contributed by atoms with Crippen LogP contribution in [0.5, 0.6) is 0 Å². The lowest BCUT2D eigenvalue weighted by atomic mass is 9.91. The third-order valence-corrected chi connectivity index (χ3v) is 5.91. The van der Waals surface area contributed by atoms with Crippen LogP contribution in [0.3, 0.4) is 0 Å². The van der Waals surface area contributed by atoms with Crippen LogP contribution in [0.2, 0.25) is 0 Å². The van der Waals surface area contributed by atoms with Crippen molar-refractivity contribution in [2.45, 2.75) is 46.1 Å². The molecular formula is C23H34N8O2. The normalized spacial score (nSPS) is 21.3. The van der Waals surface area contributed by atoms with Crippen LogP contribution in [0.15, 0.2) is 18.5 Å². The second-order valence-corrected chi connectivity index (χ2v) is 10.4. The number of aromatic nitrogens is 4. The van der Waals surface area contributed by atoms with Gasteiger partial charge < -0.3 is 25.6 Å². The highest BCUT2D eigenvalue weighted by Gasteiger charge is 2.37. The Balaban J connectivity index is 1.58. The Labute approximate surface area is 195 Å². The molecule has 3 N–H and O–H groups in total. The van der Waals surface area contributed by atoms with E-state index in [2.05, 4.69) is 47.9 Å². The van der Waals surface area contributed by atoms with Gasteiger partial charge in [0.05, 0.1) is 24.4 Å². The highest BCUT2D eigenvalue weighted by molar-refractivity contribution is 5.77. The number of nitrogen functional groups attached to an aromatic ring is 1. The van der Waals surface area contributed by atoms with E-state index in [0.717, 1.165) is 37.3 Å². The molecule has 2 aromatic rings. The minimum absolute atomic E-state index is 0.0285. The summed E-state index contributed by atoms with van der Waals surface area (Å²) in [6.07, 6.45) is 4.72. The van der Waals surface area contributed by atoms with Gasteiger partial charge in [-0.25, -0.2) is 15.0 Å². The number of nitrogens with zero attached hydrogens (tertiary/aromatic N) is 6. The summed E-state index contributed by atoms with van der Waals surface area (Å²) in [7, 11) is 0. The number of morpholine rings is 1. The Bertz CT molecular complexity index is 985. The van der Waals surface area contributed by atoms with Crippen LogP contribution in [-0.2, 0) is 9.53 Å². The summed E-state index contributed by atoms with van der Waals surface area (Å²) in [6, 6.07) is 1.91. The number of nitrogens with two attached hydrogens (primary N) is 1. The molecule has 0 bridgehead atoms. The molecule has 0 saturated carbocycles. The largest absolute Gasteiger partial charge is 0.378 e. The summed E-state index contributed by atoms with van der Waals surface area (Å²) in [4.78, 5) is 34.6. The smallest absolute Gasteiger partial charge is 0.228 e. The molecule has 2 aliphatic heterocycles. The SMILES string of the molecule is CC(C)(C)CC(=O)N1CC[C@](C)(Nc2cc(-c3cnc(N)nc3)nc(N3CCOCC3)n2)C1. The fourth-order valence-electron chi connectivity index (χ4n) is 4.17. The Morgan fingerprint density at radius 2 is 1.88 bits per heavy atom. The Morgan fingerprint density at radius 1 is 1.18 bits per heavy atom. The number of carbonyl (C=O) groups is 1. The van der Waals surface area contributed by atoms with Crippen molar-refractivity contribution in [3.8, 4) is 11.3 Å². The summed E-state index contributed by atoms with van der Waals surface area (Å²) in [5.74, 6) is 1.77. The maximum absolute atomic E-state index is 12.8. The molecule has 1 atom stereocenters. The molecule has 0 radical (unpaired) electrons. The van der Waals surface area contributed by atoms with Crippen molar-refractivity contribution in [2.24, 2.45) is 5.41 Å². The quantitative estimate of drug-likeness (QED) is 0.700. The van der Waals surface area contributed by atoms with Gasteiger partial charge in [0.2, 0.25) is 17.8 Å². The Kier molecular flexibility index (Phi) is 6.38. The van der Waals surface area contributed by atoms with Crippen molar-refractivity contribution in [3.05, 3.63) is 18.5 Å². The van der Waals surface area contributed by atoms with Gasteiger partial charge in [0.15, 0.2) is 0 Å². The van der Waals surface area contributed by atoms with Crippen molar-refractivity contribution < 1.29 is 9.53 Å². The zero-order valence-corrected chi connectivity index (χ0v) is 20.0. The molecule has 2 aliphatic rings. The van der Waals surface area contributed by atoms with E-state index in [4.69, 9.17) is 20.4 Å². The molecule has 0 spiro atoms. The monoisotopic (exact) mass is 454 g/mol. The number of anilines is 3. The molecule has 2 fully saturated rings. The van der Waals surface area contributed by atoms with Gasteiger partial charge in [-0.05, 0) is 18.8 Å². The van der Waals surface area contributed by atoms with Gasteiger partial charge in [0.1, 0.15) is 5.82 Å². The third-order valence-electron chi connectivity index (χ3n) is 5.91. The van der Waals surface area contributed by atoms with Gasteiger partial charge in [-0.15, -0.1) is 0 Å². The standard InChI is InChI=1S/C23H34N8O2/c1-22(2,3)12-19(32)31-6-5-23(4,15-31)29-18-11-17(16-13-25-20(24)26-14-16)27-21(28-18)30-7-9-33-10-8-30/h11,13-14H,5-10,12,15H2,1-4H3,(H2,24,25,26)(H,27,28,29)/t23-/m0/s1.